The molecule has 0 aromatic heterocycles. The van der Waals surface area contributed by atoms with Crippen molar-refractivity contribution in [3.05, 3.63) is 29.8 Å². The van der Waals surface area contributed by atoms with E-state index in [1.807, 2.05) is 0 Å². The summed E-state index contributed by atoms with van der Waals surface area (Å²) in [6, 6.07) is 9.54. The van der Waals surface area contributed by atoms with Crippen LogP contribution in [-0.2, 0) is 6.42 Å². The second-order valence-corrected chi connectivity index (χ2v) is 5.30. The predicted octanol–water partition coefficient (Wildman–Crippen LogP) is 3.35. The topological polar surface area (TPSA) is 29.3 Å². The maximum Gasteiger partial charge on any atom is 0.0401 e. The lowest BCUT2D eigenvalue weighted by atomic mass is 9.96. The highest BCUT2D eigenvalue weighted by molar-refractivity contribution is 5.55. The van der Waals surface area contributed by atoms with Gasteiger partial charge < -0.3 is 10.6 Å². The molecule has 1 aromatic carbocycles. The lowest BCUT2D eigenvalue weighted by Gasteiger charge is -2.38. The number of nitrogens with two attached hydrogens (primary N) is 1. The number of benzene rings is 1. The number of nitrogens with zero attached hydrogens (tertiary/aromatic N) is 1. The molecular weight excluding hydrogens is 220 g/mol. The SMILES string of the molecule is CCCC1CCCCN1c1ccccc1CCN. The van der Waals surface area contributed by atoms with Crippen LogP contribution in [0.25, 0.3) is 0 Å². The number of hydrogen-bond acceptors (Lipinski definition) is 2. The molecule has 0 bridgehead atoms. The number of piperidine rings is 1. The number of anilines is 1. The van der Waals surface area contributed by atoms with E-state index in [0.29, 0.717) is 0 Å². The lowest BCUT2D eigenvalue weighted by Crippen LogP contribution is -2.40. The van der Waals surface area contributed by atoms with Gasteiger partial charge in [-0.15, -0.1) is 0 Å². The van der Waals surface area contributed by atoms with E-state index in [4.69, 9.17) is 5.73 Å². The van der Waals surface area contributed by atoms with Gasteiger partial charge in [0.25, 0.3) is 0 Å². The Morgan fingerprint density at radius 2 is 2.11 bits per heavy atom. The first kappa shape index (κ1) is 13.4. The molecule has 0 spiro atoms. The molecular formula is C16H26N2. The van der Waals surface area contributed by atoms with Crippen molar-refractivity contribution in [1.82, 2.24) is 0 Å². The average molecular weight is 246 g/mol. The van der Waals surface area contributed by atoms with Crippen molar-refractivity contribution in [3.63, 3.8) is 0 Å². The van der Waals surface area contributed by atoms with Crippen molar-refractivity contribution in [3.8, 4) is 0 Å². The second-order valence-electron chi connectivity index (χ2n) is 5.30. The first-order valence-corrected chi connectivity index (χ1v) is 7.41. The van der Waals surface area contributed by atoms with Crippen LogP contribution in [0.15, 0.2) is 24.3 Å². The highest BCUT2D eigenvalue weighted by Gasteiger charge is 2.23. The van der Waals surface area contributed by atoms with Gasteiger partial charge in [0, 0.05) is 18.3 Å². The summed E-state index contributed by atoms with van der Waals surface area (Å²) in [5, 5.41) is 0. The van der Waals surface area contributed by atoms with Gasteiger partial charge in [-0.05, 0) is 50.3 Å². The molecule has 0 radical (unpaired) electrons. The molecule has 1 saturated heterocycles. The van der Waals surface area contributed by atoms with Crippen LogP contribution in [0.3, 0.4) is 0 Å². The van der Waals surface area contributed by atoms with E-state index in [9.17, 15) is 0 Å². The quantitative estimate of drug-likeness (QED) is 0.863. The Morgan fingerprint density at radius 1 is 1.28 bits per heavy atom. The molecule has 1 unspecified atom stereocenters. The molecule has 1 fully saturated rings. The third kappa shape index (κ3) is 3.05. The molecule has 2 rings (SSSR count). The minimum atomic E-state index is 0.739. The molecule has 1 aliphatic rings. The van der Waals surface area contributed by atoms with Crippen LogP contribution in [0, 0.1) is 0 Å². The molecule has 0 amide bonds. The van der Waals surface area contributed by atoms with Crippen molar-refractivity contribution in [2.75, 3.05) is 18.0 Å². The summed E-state index contributed by atoms with van der Waals surface area (Å²) in [6.45, 7) is 4.24. The maximum absolute atomic E-state index is 5.73. The number of rotatable bonds is 5. The summed E-state index contributed by atoms with van der Waals surface area (Å²) in [4.78, 5) is 2.64. The predicted molar refractivity (Wildman–Crippen MR) is 79.1 cm³/mol. The zero-order valence-electron chi connectivity index (χ0n) is 11.6. The third-order valence-corrected chi connectivity index (χ3v) is 3.96. The van der Waals surface area contributed by atoms with Crippen molar-refractivity contribution in [1.29, 1.82) is 0 Å². The molecule has 2 nitrogen and oxygen atoms in total. The minimum Gasteiger partial charge on any atom is -0.368 e. The Kier molecular flexibility index (Phi) is 5.06. The van der Waals surface area contributed by atoms with Gasteiger partial charge in [-0.2, -0.15) is 0 Å². The van der Waals surface area contributed by atoms with Crippen LogP contribution in [-0.4, -0.2) is 19.1 Å². The van der Waals surface area contributed by atoms with Crippen molar-refractivity contribution in [2.45, 2.75) is 51.5 Å². The second kappa shape index (κ2) is 6.79. The van der Waals surface area contributed by atoms with Crippen LogP contribution in [0.4, 0.5) is 5.69 Å². The normalized spacial score (nSPS) is 20.1. The van der Waals surface area contributed by atoms with Crippen LogP contribution < -0.4 is 10.6 Å². The van der Waals surface area contributed by atoms with Gasteiger partial charge in [0.15, 0.2) is 0 Å². The van der Waals surface area contributed by atoms with E-state index in [-0.39, 0.29) is 0 Å². The number of hydrogen-bond donors (Lipinski definition) is 1. The highest BCUT2D eigenvalue weighted by Crippen LogP contribution is 2.30. The van der Waals surface area contributed by atoms with E-state index in [2.05, 4.69) is 36.1 Å². The molecule has 0 saturated carbocycles. The first-order valence-electron chi connectivity index (χ1n) is 7.41. The fourth-order valence-electron chi connectivity index (χ4n) is 3.11. The summed E-state index contributed by atoms with van der Waals surface area (Å²) in [6.07, 6.45) is 7.66. The van der Waals surface area contributed by atoms with Crippen LogP contribution in [0.5, 0.6) is 0 Å². The molecule has 2 heteroatoms. The Bertz CT molecular complexity index is 360. The van der Waals surface area contributed by atoms with E-state index >= 15 is 0 Å². The fraction of sp³-hybridized carbons (Fsp3) is 0.625. The Labute approximate surface area is 111 Å². The van der Waals surface area contributed by atoms with Gasteiger partial charge in [-0.1, -0.05) is 31.5 Å². The van der Waals surface area contributed by atoms with Crippen molar-refractivity contribution >= 4 is 5.69 Å². The molecule has 100 valence electrons. The Hall–Kier alpha value is -1.02. The van der Waals surface area contributed by atoms with Crippen LogP contribution >= 0.6 is 0 Å². The van der Waals surface area contributed by atoms with Gasteiger partial charge in [-0.3, -0.25) is 0 Å². The standard InChI is InChI=1S/C16H26N2/c1-2-7-15-9-5-6-13-18(15)16-10-4-3-8-14(16)11-12-17/h3-4,8,10,15H,2,5-7,9,11-13,17H2,1H3. The molecule has 1 atom stereocenters. The van der Waals surface area contributed by atoms with E-state index < -0.39 is 0 Å². The molecule has 1 aliphatic heterocycles. The van der Waals surface area contributed by atoms with Crippen LogP contribution in [0.1, 0.15) is 44.6 Å². The van der Waals surface area contributed by atoms with Gasteiger partial charge in [-0.25, -0.2) is 0 Å². The first-order chi connectivity index (χ1) is 8.86. The van der Waals surface area contributed by atoms with E-state index in [0.717, 1.165) is 19.0 Å². The maximum atomic E-state index is 5.73. The molecule has 2 N–H and O–H groups in total. The summed E-state index contributed by atoms with van der Waals surface area (Å²) in [5.74, 6) is 0. The van der Waals surface area contributed by atoms with Gasteiger partial charge in [0.05, 0.1) is 0 Å². The van der Waals surface area contributed by atoms with Gasteiger partial charge >= 0.3 is 0 Å². The summed E-state index contributed by atoms with van der Waals surface area (Å²) < 4.78 is 0. The Morgan fingerprint density at radius 3 is 2.89 bits per heavy atom. The summed E-state index contributed by atoms with van der Waals surface area (Å²) >= 11 is 0. The molecule has 18 heavy (non-hydrogen) atoms. The Balaban J connectivity index is 2.21. The summed E-state index contributed by atoms with van der Waals surface area (Å²) in [7, 11) is 0. The zero-order chi connectivity index (χ0) is 12.8. The van der Waals surface area contributed by atoms with Crippen LogP contribution in [0.2, 0.25) is 0 Å². The smallest absolute Gasteiger partial charge is 0.0401 e. The molecule has 1 heterocycles. The number of para-hydroxylation sites is 1. The summed E-state index contributed by atoms with van der Waals surface area (Å²) in [5.41, 5.74) is 8.58. The molecule has 1 aromatic rings. The third-order valence-electron chi connectivity index (χ3n) is 3.96. The lowest BCUT2D eigenvalue weighted by molar-refractivity contribution is 0.434. The minimum absolute atomic E-state index is 0.739. The average Bonchev–Trinajstić information content (AvgIpc) is 2.41. The van der Waals surface area contributed by atoms with Gasteiger partial charge in [0.2, 0.25) is 0 Å². The highest BCUT2D eigenvalue weighted by atomic mass is 15.2. The van der Waals surface area contributed by atoms with E-state index in [1.54, 1.807) is 0 Å². The van der Waals surface area contributed by atoms with Crippen molar-refractivity contribution < 1.29 is 0 Å². The zero-order valence-corrected chi connectivity index (χ0v) is 11.6. The fourth-order valence-corrected chi connectivity index (χ4v) is 3.11. The van der Waals surface area contributed by atoms with Crippen molar-refractivity contribution in [2.24, 2.45) is 5.73 Å². The molecule has 0 aliphatic carbocycles. The van der Waals surface area contributed by atoms with E-state index in [1.165, 1.54) is 49.9 Å². The van der Waals surface area contributed by atoms with Gasteiger partial charge in [0.1, 0.15) is 0 Å². The largest absolute Gasteiger partial charge is 0.368 e. The monoisotopic (exact) mass is 246 g/mol.